The summed E-state index contributed by atoms with van der Waals surface area (Å²) in [5.74, 6) is 2.84. The molecule has 134 valence electrons. The Morgan fingerprint density at radius 1 is 1.16 bits per heavy atom. The first-order valence-electron chi connectivity index (χ1n) is 9.39. The largest absolute Gasteiger partial charge is 0.454 e. The van der Waals surface area contributed by atoms with E-state index in [2.05, 4.69) is 5.32 Å². The number of fused-ring (bicyclic) bond motifs is 1. The van der Waals surface area contributed by atoms with E-state index in [4.69, 9.17) is 9.47 Å². The van der Waals surface area contributed by atoms with Crippen molar-refractivity contribution in [3.8, 4) is 11.5 Å². The average Bonchev–Trinajstić information content (AvgIpc) is 2.97. The minimum absolute atomic E-state index is 0.0256. The molecule has 4 saturated carbocycles. The fourth-order valence-corrected chi connectivity index (χ4v) is 6.26. The monoisotopic (exact) mass is 343 g/mol. The van der Waals surface area contributed by atoms with Crippen LogP contribution >= 0.6 is 0 Å². The van der Waals surface area contributed by atoms with Crippen molar-refractivity contribution < 1.29 is 19.4 Å². The summed E-state index contributed by atoms with van der Waals surface area (Å²) in [6, 6.07) is 5.77. The zero-order valence-electron chi connectivity index (χ0n) is 14.4. The third-order valence-corrected chi connectivity index (χ3v) is 6.61. The zero-order chi connectivity index (χ0) is 17.1. The molecule has 6 rings (SSSR count). The summed E-state index contributed by atoms with van der Waals surface area (Å²) in [4.78, 5) is 12.6. The fourth-order valence-electron chi connectivity index (χ4n) is 6.26. The van der Waals surface area contributed by atoms with Crippen LogP contribution in [0.2, 0.25) is 0 Å². The van der Waals surface area contributed by atoms with Crippen molar-refractivity contribution in [2.24, 2.45) is 17.3 Å². The molecule has 5 heteroatoms. The Morgan fingerprint density at radius 2 is 1.92 bits per heavy atom. The highest BCUT2D eigenvalue weighted by Crippen LogP contribution is 2.62. The normalized spacial score (nSPS) is 37.3. The van der Waals surface area contributed by atoms with Crippen LogP contribution in [0.25, 0.3) is 0 Å². The van der Waals surface area contributed by atoms with E-state index >= 15 is 0 Å². The van der Waals surface area contributed by atoms with Gasteiger partial charge in [-0.05, 0) is 73.5 Å². The van der Waals surface area contributed by atoms with Gasteiger partial charge in [0.05, 0.1) is 5.60 Å². The van der Waals surface area contributed by atoms with Crippen LogP contribution in [0.4, 0.5) is 0 Å². The number of rotatable bonds is 4. The molecule has 5 nitrogen and oxygen atoms in total. The molecule has 1 aliphatic heterocycles. The summed E-state index contributed by atoms with van der Waals surface area (Å²) in [5, 5.41) is 13.9. The summed E-state index contributed by atoms with van der Waals surface area (Å²) in [6.45, 7) is 0.765. The number of carbonyl (C=O) groups excluding carboxylic acids is 1. The number of hydrogen-bond donors (Lipinski definition) is 2. The van der Waals surface area contributed by atoms with Gasteiger partial charge in [0.1, 0.15) is 0 Å². The molecular formula is C20H25NO4. The maximum atomic E-state index is 12.6. The maximum Gasteiger partial charge on any atom is 0.231 e. The number of amides is 1. The van der Waals surface area contributed by atoms with Crippen LogP contribution < -0.4 is 14.8 Å². The van der Waals surface area contributed by atoms with E-state index in [0.717, 1.165) is 49.2 Å². The molecule has 4 bridgehead atoms. The average molecular weight is 343 g/mol. The lowest BCUT2D eigenvalue weighted by Gasteiger charge is -2.60. The van der Waals surface area contributed by atoms with Gasteiger partial charge in [-0.3, -0.25) is 4.79 Å². The molecule has 4 aliphatic carbocycles. The molecule has 2 N–H and O–H groups in total. The molecule has 5 aliphatic rings. The van der Waals surface area contributed by atoms with Gasteiger partial charge in [-0.1, -0.05) is 6.07 Å². The van der Waals surface area contributed by atoms with Gasteiger partial charge in [0, 0.05) is 13.0 Å². The Morgan fingerprint density at radius 3 is 2.68 bits per heavy atom. The molecule has 25 heavy (non-hydrogen) atoms. The number of carbonyl (C=O) groups is 1. The third-order valence-electron chi connectivity index (χ3n) is 6.61. The van der Waals surface area contributed by atoms with Crippen molar-refractivity contribution in [2.75, 3.05) is 6.79 Å². The molecule has 2 atom stereocenters. The van der Waals surface area contributed by atoms with E-state index in [-0.39, 0.29) is 18.1 Å². The first kappa shape index (κ1) is 15.5. The number of hydrogen-bond acceptors (Lipinski definition) is 4. The Hall–Kier alpha value is -1.75. The van der Waals surface area contributed by atoms with Crippen LogP contribution in [0.1, 0.15) is 50.5 Å². The number of benzene rings is 1. The minimum Gasteiger partial charge on any atom is -0.454 e. The van der Waals surface area contributed by atoms with Crippen molar-refractivity contribution in [1.82, 2.24) is 5.32 Å². The van der Waals surface area contributed by atoms with Gasteiger partial charge < -0.3 is 19.9 Å². The zero-order valence-corrected chi connectivity index (χ0v) is 14.4. The van der Waals surface area contributed by atoms with E-state index in [1.54, 1.807) is 0 Å². The van der Waals surface area contributed by atoms with E-state index in [1.807, 2.05) is 18.2 Å². The maximum absolute atomic E-state index is 12.6. The topological polar surface area (TPSA) is 67.8 Å². The summed E-state index contributed by atoms with van der Waals surface area (Å²) < 4.78 is 10.7. The van der Waals surface area contributed by atoms with Crippen molar-refractivity contribution >= 4 is 5.91 Å². The standard InChI is InChI=1S/C20H25NO4/c22-18(21-10-13-1-2-16-17(4-13)25-12-24-16)9-19-5-14-3-15(6-19)8-20(23,7-14)11-19/h1-2,4,14-15,23H,3,5-12H2,(H,21,22). The summed E-state index contributed by atoms with van der Waals surface area (Å²) in [5.41, 5.74) is 0.543. The molecule has 4 fully saturated rings. The number of aliphatic hydroxyl groups is 1. The predicted octanol–water partition coefficient (Wildman–Crippen LogP) is 2.75. The molecule has 0 spiro atoms. The van der Waals surface area contributed by atoms with Crippen molar-refractivity contribution in [1.29, 1.82) is 0 Å². The number of nitrogens with one attached hydrogen (secondary N) is 1. The highest BCUT2D eigenvalue weighted by molar-refractivity contribution is 5.76. The lowest BCUT2D eigenvalue weighted by atomic mass is 9.47. The van der Waals surface area contributed by atoms with Gasteiger partial charge >= 0.3 is 0 Å². The van der Waals surface area contributed by atoms with Crippen LogP contribution in [-0.4, -0.2) is 23.4 Å². The van der Waals surface area contributed by atoms with Crippen molar-refractivity contribution in [3.05, 3.63) is 23.8 Å². The number of ether oxygens (including phenoxy) is 2. The van der Waals surface area contributed by atoms with Crippen molar-refractivity contribution in [3.63, 3.8) is 0 Å². The molecule has 1 aromatic rings. The van der Waals surface area contributed by atoms with Crippen LogP contribution in [0.3, 0.4) is 0 Å². The van der Waals surface area contributed by atoms with E-state index < -0.39 is 5.60 Å². The molecule has 0 saturated heterocycles. The first-order valence-corrected chi connectivity index (χ1v) is 9.39. The quantitative estimate of drug-likeness (QED) is 0.882. The molecule has 1 heterocycles. The van der Waals surface area contributed by atoms with E-state index in [9.17, 15) is 9.90 Å². The van der Waals surface area contributed by atoms with Crippen LogP contribution in [0.5, 0.6) is 11.5 Å². The smallest absolute Gasteiger partial charge is 0.231 e. The molecule has 0 aromatic heterocycles. The lowest BCUT2D eigenvalue weighted by molar-refractivity contribution is -0.169. The van der Waals surface area contributed by atoms with Crippen LogP contribution in [-0.2, 0) is 11.3 Å². The van der Waals surface area contributed by atoms with Gasteiger partial charge in [-0.25, -0.2) is 0 Å². The van der Waals surface area contributed by atoms with Gasteiger partial charge in [-0.2, -0.15) is 0 Å². The van der Waals surface area contributed by atoms with E-state index in [0.29, 0.717) is 24.8 Å². The van der Waals surface area contributed by atoms with Gasteiger partial charge in [0.2, 0.25) is 12.7 Å². The second-order valence-corrected chi connectivity index (χ2v) is 8.83. The predicted molar refractivity (Wildman–Crippen MR) is 91.1 cm³/mol. The van der Waals surface area contributed by atoms with Gasteiger partial charge in [0.15, 0.2) is 11.5 Å². The molecule has 0 radical (unpaired) electrons. The third kappa shape index (κ3) is 2.78. The fraction of sp³-hybridized carbons (Fsp3) is 0.650. The SMILES string of the molecule is O=C(CC12CC3CC(CC(O)(C3)C1)C2)NCc1ccc2c(c1)OCO2. The molecule has 1 aromatic carbocycles. The first-order chi connectivity index (χ1) is 12.0. The Labute approximate surface area is 147 Å². The second-order valence-electron chi connectivity index (χ2n) is 8.83. The van der Waals surface area contributed by atoms with Gasteiger partial charge in [-0.15, -0.1) is 0 Å². The Kier molecular flexibility index (Phi) is 3.33. The molecule has 1 amide bonds. The van der Waals surface area contributed by atoms with Gasteiger partial charge in [0.25, 0.3) is 0 Å². The van der Waals surface area contributed by atoms with Crippen LogP contribution in [0, 0.1) is 17.3 Å². The van der Waals surface area contributed by atoms with Crippen LogP contribution in [0.15, 0.2) is 18.2 Å². The van der Waals surface area contributed by atoms with E-state index in [1.165, 1.54) is 6.42 Å². The van der Waals surface area contributed by atoms with Crippen molar-refractivity contribution in [2.45, 2.75) is 57.1 Å². The highest BCUT2D eigenvalue weighted by atomic mass is 16.7. The Balaban J connectivity index is 1.22. The Bertz CT molecular complexity index is 702. The molecular weight excluding hydrogens is 318 g/mol. The summed E-state index contributed by atoms with van der Waals surface area (Å²) in [7, 11) is 0. The second kappa shape index (κ2) is 5.37. The minimum atomic E-state index is -0.498. The summed E-state index contributed by atoms with van der Waals surface area (Å²) in [6.07, 6.45) is 6.74. The molecule has 2 unspecified atom stereocenters. The lowest BCUT2D eigenvalue weighted by Crippen LogP contribution is -2.56. The summed E-state index contributed by atoms with van der Waals surface area (Å²) >= 11 is 0. The highest BCUT2D eigenvalue weighted by Gasteiger charge is 2.57.